The number of carbonyl (C=O) groups excluding carboxylic acids is 1. The zero-order valence-corrected chi connectivity index (χ0v) is 8.19. The van der Waals surface area contributed by atoms with Gasteiger partial charge in [0, 0.05) is 5.57 Å². The van der Waals surface area contributed by atoms with E-state index in [1.54, 1.807) is 0 Å². The Balaban J connectivity index is 3.70. The molecule has 0 aromatic carbocycles. The molecule has 0 rings (SSSR count). The van der Waals surface area contributed by atoms with Crippen LogP contribution in [-0.2, 0) is 20.9 Å². The van der Waals surface area contributed by atoms with E-state index in [-0.39, 0.29) is 5.57 Å². The van der Waals surface area contributed by atoms with Crippen molar-refractivity contribution in [3.8, 4) is 0 Å². The van der Waals surface area contributed by atoms with E-state index < -0.39 is 17.2 Å². The second-order valence-electron chi connectivity index (χ2n) is 2.41. The maximum absolute atomic E-state index is 10.9. The van der Waals surface area contributed by atoms with Gasteiger partial charge in [0.15, 0.2) is 0 Å². The van der Waals surface area contributed by atoms with Crippen LogP contribution in [-0.4, -0.2) is 14.7 Å². The van der Waals surface area contributed by atoms with E-state index in [9.17, 15) is 13.6 Å². The monoisotopic (exact) mass is 206 g/mol. The fourth-order valence-corrected chi connectivity index (χ4v) is 0.780. The van der Waals surface area contributed by atoms with Crippen LogP contribution >= 0.6 is 0 Å². The Morgan fingerprint density at radius 2 is 2.31 bits per heavy atom. The molecule has 0 saturated carbocycles. The van der Waals surface area contributed by atoms with Gasteiger partial charge in [-0.1, -0.05) is 24.8 Å². The molecular weight excluding hydrogens is 194 g/mol. The molecule has 13 heavy (non-hydrogen) atoms. The lowest BCUT2D eigenvalue weighted by molar-refractivity contribution is -0.142. The first kappa shape index (κ1) is 12.3. The maximum atomic E-state index is 10.9. The van der Waals surface area contributed by atoms with Crippen LogP contribution in [0.15, 0.2) is 12.2 Å². The molecule has 1 atom stereocenters. The zero-order chi connectivity index (χ0) is 10.3. The number of carbonyl (C=O) groups is 1. The van der Waals surface area contributed by atoms with E-state index in [1.165, 1.54) is 4.89 Å². The Labute approximate surface area is 79.5 Å². The third kappa shape index (κ3) is 6.44. The van der Waals surface area contributed by atoms with Crippen molar-refractivity contribution in [2.45, 2.75) is 26.2 Å². The SMILES string of the molecule is C=C(CCCC)C(=O)ONS(=O)[O-]. The second-order valence-corrected chi connectivity index (χ2v) is 3.05. The maximum Gasteiger partial charge on any atom is 0.352 e. The average molecular weight is 206 g/mol. The second kappa shape index (κ2) is 6.76. The Morgan fingerprint density at radius 3 is 2.77 bits per heavy atom. The van der Waals surface area contributed by atoms with Gasteiger partial charge in [-0.25, -0.2) is 4.79 Å². The first-order valence-electron chi connectivity index (χ1n) is 3.81. The average Bonchev–Trinajstić information content (AvgIpc) is 2.10. The van der Waals surface area contributed by atoms with Gasteiger partial charge in [0.05, 0.1) is 11.3 Å². The number of hydrogen-bond donors (Lipinski definition) is 1. The summed E-state index contributed by atoms with van der Waals surface area (Å²) < 4.78 is 19.8. The summed E-state index contributed by atoms with van der Waals surface area (Å²) in [7, 11) is 0. The van der Waals surface area contributed by atoms with Crippen molar-refractivity contribution >= 4 is 17.2 Å². The van der Waals surface area contributed by atoms with E-state index in [0.717, 1.165) is 12.8 Å². The summed E-state index contributed by atoms with van der Waals surface area (Å²) >= 11 is -2.59. The lowest BCUT2D eigenvalue weighted by Gasteiger charge is -2.08. The van der Waals surface area contributed by atoms with Gasteiger partial charge >= 0.3 is 5.97 Å². The molecule has 0 aromatic heterocycles. The molecule has 1 unspecified atom stereocenters. The van der Waals surface area contributed by atoms with Crippen LogP contribution in [0.2, 0.25) is 0 Å². The van der Waals surface area contributed by atoms with Crippen LogP contribution in [0, 0.1) is 0 Å². The summed E-state index contributed by atoms with van der Waals surface area (Å²) in [4.78, 5) is 16.6. The Hall–Kier alpha value is -0.720. The quantitative estimate of drug-likeness (QED) is 0.391. The highest BCUT2D eigenvalue weighted by atomic mass is 32.2. The van der Waals surface area contributed by atoms with Gasteiger partial charge in [-0.05, 0) is 12.8 Å². The van der Waals surface area contributed by atoms with Gasteiger partial charge < -0.3 is 9.39 Å². The summed E-state index contributed by atoms with van der Waals surface area (Å²) in [5.41, 5.74) is 0.264. The normalized spacial score (nSPS) is 12.2. The Bertz CT molecular complexity index is 217. The molecule has 0 aliphatic heterocycles. The van der Waals surface area contributed by atoms with Crippen LogP contribution in [0.25, 0.3) is 0 Å². The molecule has 0 aliphatic rings. The standard InChI is InChI=1S/C7H13NO4S/c1-3-4-5-6(2)7(9)12-8-13(10)11/h8H,2-5H2,1H3,(H,10,11)/p-1. The number of rotatable bonds is 6. The van der Waals surface area contributed by atoms with Crippen LogP contribution in [0.1, 0.15) is 26.2 Å². The number of hydrogen-bond acceptors (Lipinski definition) is 4. The van der Waals surface area contributed by atoms with E-state index >= 15 is 0 Å². The Morgan fingerprint density at radius 1 is 1.69 bits per heavy atom. The molecule has 0 aliphatic carbocycles. The summed E-state index contributed by atoms with van der Waals surface area (Å²) in [6.45, 7) is 5.43. The van der Waals surface area contributed by atoms with Crippen molar-refractivity contribution < 1.29 is 18.4 Å². The van der Waals surface area contributed by atoms with Crippen molar-refractivity contribution in [2.75, 3.05) is 0 Å². The zero-order valence-electron chi connectivity index (χ0n) is 7.37. The van der Waals surface area contributed by atoms with E-state index in [1.807, 2.05) is 6.92 Å². The third-order valence-corrected chi connectivity index (χ3v) is 1.54. The number of unbranched alkanes of at least 4 members (excludes halogenated alkanes) is 1. The molecule has 1 N–H and O–H groups in total. The van der Waals surface area contributed by atoms with Crippen LogP contribution in [0.5, 0.6) is 0 Å². The third-order valence-electron chi connectivity index (χ3n) is 1.32. The van der Waals surface area contributed by atoms with Gasteiger partial charge in [-0.3, -0.25) is 4.21 Å². The lowest BCUT2D eigenvalue weighted by Crippen LogP contribution is -2.22. The van der Waals surface area contributed by atoms with Crippen molar-refractivity contribution in [3.63, 3.8) is 0 Å². The molecular formula is C7H12NO4S-. The molecule has 5 nitrogen and oxygen atoms in total. The molecule has 0 saturated heterocycles. The minimum atomic E-state index is -2.59. The van der Waals surface area contributed by atoms with Gasteiger partial charge in [0.1, 0.15) is 0 Å². The molecule has 0 radical (unpaired) electrons. The highest BCUT2D eigenvalue weighted by Gasteiger charge is 2.07. The topological polar surface area (TPSA) is 78.5 Å². The molecule has 0 heterocycles. The Kier molecular flexibility index (Phi) is 6.38. The van der Waals surface area contributed by atoms with Crippen molar-refractivity contribution in [1.29, 1.82) is 0 Å². The summed E-state index contributed by atoms with van der Waals surface area (Å²) in [5, 5.41) is 0. The van der Waals surface area contributed by atoms with E-state index in [4.69, 9.17) is 0 Å². The predicted molar refractivity (Wildman–Crippen MR) is 46.8 cm³/mol. The fraction of sp³-hybridized carbons (Fsp3) is 0.571. The predicted octanol–water partition coefficient (Wildman–Crippen LogP) is 0.575. The molecule has 0 aromatic rings. The van der Waals surface area contributed by atoms with Gasteiger partial charge in [0.2, 0.25) is 0 Å². The highest BCUT2D eigenvalue weighted by Crippen LogP contribution is 2.05. The first-order valence-corrected chi connectivity index (χ1v) is 4.89. The molecule has 6 heteroatoms. The van der Waals surface area contributed by atoms with Crippen LogP contribution in [0.3, 0.4) is 0 Å². The summed E-state index contributed by atoms with van der Waals surface area (Å²) in [6.07, 6.45) is 2.28. The molecule has 0 fully saturated rings. The van der Waals surface area contributed by atoms with Gasteiger partial charge in [-0.15, -0.1) is 0 Å². The minimum Gasteiger partial charge on any atom is -0.758 e. The number of nitrogens with one attached hydrogen (secondary N) is 1. The summed E-state index contributed by atoms with van der Waals surface area (Å²) in [5.74, 6) is -0.738. The van der Waals surface area contributed by atoms with E-state index in [2.05, 4.69) is 11.4 Å². The highest BCUT2D eigenvalue weighted by molar-refractivity contribution is 7.76. The van der Waals surface area contributed by atoms with Gasteiger partial charge in [0.25, 0.3) is 0 Å². The lowest BCUT2D eigenvalue weighted by atomic mass is 10.1. The van der Waals surface area contributed by atoms with Crippen LogP contribution in [0.4, 0.5) is 0 Å². The van der Waals surface area contributed by atoms with Crippen molar-refractivity contribution in [3.05, 3.63) is 12.2 Å². The van der Waals surface area contributed by atoms with Gasteiger partial charge in [-0.2, -0.15) is 0 Å². The van der Waals surface area contributed by atoms with Crippen molar-refractivity contribution in [1.82, 2.24) is 4.89 Å². The van der Waals surface area contributed by atoms with Crippen LogP contribution < -0.4 is 4.89 Å². The smallest absolute Gasteiger partial charge is 0.352 e. The fourth-order valence-electron chi connectivity index (χ4n) is 0.636. The van der Waals surface area contributed by atoms with E-state index in [0.29, 0.717) is 6.42 Å². The van der Waals surface area contributed by atoms with Crippen molar-refractivity contribution in [2.24, 2.45) is 0 Å². The summed E-state index contributed by atoms with van der Waals surface area (Å²) in [6, 6.07) is 0. The molecule has 76 valence electrons. The largest absolute Gasteiger partial charge is 0.758 e. The first-order chi connectivity index (χ1) is 6.07. The molecule has 0 bridgehead atoms. The molecule has 0 amide bonds. The minimum absolute atomic E-state index is 0.264. The molecule has 0 spiro atoms.